The smallest absolute Gasteiger partial charge is 0.178 e. The quantitative estimate of drug-likeness (QED) is 0.795. The van der Waals surface area contributed by atoms with E-state index < -0.39 is 0 Å². The molecule has 0 bridgehead atoms. The molecule has 15 heavy (non-hydrogen) atoms. The zero-order chi connectivity index (χ0) is 10.8. The van der Waals surface area contributed by atoms with E-state index >= 15 is 0 Å². The number of nitrogens with zero attached hydrogens (tertiary/aromatic N) is 2. The zero-order valence-electron chi connectivity index (χ0n) is 7.90. The second-order valence-corrected chi connectivity index (χ2v) is 4.69. The lowest BCUT2D eigenvalue weighted by Gasteiger charge is -1.99. The maximum atomic E-state index is 11.2. The van der Waals surface area contributed by atoms with E-state index in [0.717, 1.165) is 9.35 Å². The predicted molar refractivity (Wildman–Crippen MR) is 63.0 cm³/mol. The van der Waals surface area contributed by atoms with Crippen molar-refractivity contribution in [2.24, 2.45) is 0 Å². The molecule has 0 saturated carbocycles. The molecule has 0 atom stereocenters. The van der Waals surface area contributed by atoms with Gasteiger partial charge in [-0.15, -0.1) is 11.3 Å². The number of carbonyl (C=O) groups is 1. The lowest BCUT2D eigenvalue weighted by molar-refractivity contribution is 0.101. The molecular formula is C10H7BrN2OS. The Morgan fingerprint density at radius 2 is 2.27 bits per heavy atom. The third-order valence-corrected chi connectivity index (χ3v) is 3.67. The highest BCUT2D eigenvalue weighted by atomic mass is 79.9. The first-order chi connectivity index (χ1) is 7.18. The number of ketones is 1. The van der Waals surface area contributed by atoms with Crippen molar-refractivity contribution >= 4 is 33.0 Å². The average molecular weight is 283 g/mol. The van der Waals surface area contributed by atoms with E-state index in [1.165, 1.54) is 18.3 Å². The van der Waals surface area contributed by atoms with E-state index in [1.54, 1.807) is 12.3 Å². The van der Waals surface area contributed by atoms with Crippen LogP contribution in [0.4, 0.5) is 0 Å². The first-order valence-electron chi connectivity index (χ1n) is 4.26. The number of rotatable bonds is 2. The summed E-state index contributed by atoms with van der Waals surface area (Å²) in [5, 5.41) is 1.95. The minimum absolute atomic E-state index is 0.0497. The van der Waals surface area contributed by atoms with Crippen LogP contribution in [0, 0.1) is 0 Å². The van der Waals surface area contributed by atoms with Crippen molar-refractivity contribution in [1.82, 2.24) is 9.97 Å². The average Bonchev–Trinajstić information content (AvgIpc) is 2.64. The van der Waals surface area contributed by atoms with Gasteiger partial charge in [-0.1, -0.05) is 0 Å². The van der Waals surface area contributed by atoms with E-state index in [-0.39, 0.29) is 5.78 Å². The monoisotopic (exact) mass is 282 g/mol. The summed E-state index contributed by atoms with van der Waals surface area (Å²) in [5.41, 5.74) is 0.445. The summed E-state index contributed by atoms with van der Waals surface area (Å²) in [4.78, 5) is 20.4. The molecule has 0 aliphatic carbocycles. The Morgan fingerprint density at radius 1 is 1.47 bits per heavy atom. The maximum Gasteiger partial charge on any atom is 0.178 e. The van der Waals surface area contributed by atoms with Gasteiger partial charge in [0.1, 0.15) is 5.69 Å². The number of hydrogen-bond acceptors (Lipinski definition) is 4. The van der Waals surface area contributed by atoms with Gasteiger partial charge in [-0.2, -0.15) is 0 Å². The highest BCUT2D eigenvalue weighted by molar-refractivity contribution is 9.10. The van der Waals surface area contributed by atoms with Crippen molar-refractivity contribution in [2.45, 2.75) is 6.92 Å². The fourth-order valence-corrected chi connectivity index (χ4v) is 2.61. The zero-order valence-corrected chi connectivity index (χ0v) is 10.3. The van der Waals surface area contributed by atoms with Gasteiger partial charge >= 0.3 is 0 Å². The molecule has 2 aromatic rings. The van der Waals surface area contributed by atoms with Gasteiger partial charge in [-0.25, -0.2) is 9.97 Å². The molecule has 0 aliphatic heterocycles. The van der Waals surface area contributed by atoms with Crippen molar-refractivity contribution < 1.29 is 4.79 Å². The summed E-state index contributed by atoms with van der Waals surface area (Å²) < 4.78 is 0.952. The Bertz CT molecular complexity index is 510. The van der Waals surface area contributed by atoms with Crippen LogP contribution in [0.1, 0.15) is 17.4 Å². The minimum Gasteiger partial charge on any atom is -0.293 e. The van der Waals surface area contributed by atoms with Gasteiger partial charge in [0.25, 0.3) is 0 Å². The normalized spacial score (nSPS) is 10.3. The maximum absolute atomic E-state index is 11.2. The lowest BCUT2D eigenvalue weighted by Crippen LogP contribution is -1.98. The van der Waals surface area contributed by atoms with Crippen LogP contribution in [-0.2, 0) is 0 Å². The number of carbonyl (C=O) groups excluding carboxylic acids is 1. The Morgan fingerprint density at radius 3 is 2.87 bits per heavy atom. The molecule has 0 fully saturated rings. The SMILES string of the molecule is CC(=O)c1ccnc(-c2sccc2Br)n1. The number of thiophene rings is 1. The first kappa shape index (κ1) is 10.4. The molecular weight excluding hydrogens is 276 g/mol. The molecule has 0 aliphatic rings. The Labute approximate surface area is 99.3 Å². The molecule has 76 valence electrons. The van der Waals surface area contributed by atoms with Crippen LogP contribution in [0.25, 0.3) is 10.7 Å². The van der Waals surface area contributed by atoms with Crippen LogP contribution in [0.2, 0.25) is 0 Å². The van der Waals surface area contributed by atoms with E-state index in [9.17, 15) is 4.79 Å². The summed E-state index contributed by atoms with van der Waals surface area (Å²) in [6.07, 6.45) is 1.60. The highest BCUT2D eigenvalue weighted by Crippen LogP contribution is 2.30. The molecule has 0 radical (unpaired) electrons. The highest BCUT2D eigenvalue weighted by Gasteiger charge is 2.09. The van der Waals surface area contributed by atoms with Gasteiger partial charge in [0.2, 0.25) is 0 Å². The Balaban J connectivity index is 2.50. The molecule has 0 aromatic carbocycles. The molecule has 0 unspecified atom stereocenters. The van der Waals surface area contributed by atoms with Crippen LogP contribution in [-0.4, -0.2) is 15.8 Å². The fraction of sp³-hybridized carbons (Fsp3) is 0.100. The summed E-state index contributed by atoms with van der Waals surface area (Å²) in [6, 6.07) is 3.55. The van der Waals surface area contributed by atoms with Crippen LogP contribution in [0.15, 0.2) is 28.2 Å². The Hall–Kier alpha value is -1.07. The van der Waals surface area contributed by atoms with Crippen molar-refractivity contribution in [1.29, 1.82) is 0 Å². The molecule has 2 heterocycles. The summed E-state index contributed by atoms with van der Waals surface area (Å²) in [6.45, 7) is 1.50. The van der Waals surface area contributed by atoms with Crippen molar-refractivity contribution in [2.75, 3.05) is 0 Å². The third kappa shape index (κ3) is 2.13. The Kier molecular flexibility index (Phi) is 2.93. The predicted octanol–water partition coefficient (Wildman–Crippen LogP) is 3.17. The van der Waals surface area contributed by atoms with Crippen LogP contribution < -0.4 is 0 Å². The standard InChI is InChI=1S/C10H7BrN2OS/c1-6(14)8-2-4-12-10(13-8)9-7(11)3-5-15-9/h2-5H,1H3. The fourth-order valence-electron chi connectivity index (χ4n) is 1.12. The second kappa shape index (κ2) is 4.20. The van der Waals surface area contributed by atoms with Gasteiger partial charge in [0, 0.05) is 17.6 Å². The molecule has 0 spiro atoms. The minimum atomic E-state index is -0.0497. The van der Waals surface area contributed by atoms with E-state index in [0.29, 0.717) is 11.5 Å². The van der Waals surface area contributed by atoms with E-state index in [4.69, 9.17) is 0 Å². The number of aromatic nitrogens is 2. The number of hydrogen-bond donors (Lipinski definition) is 0. The second-order valence-electron chi connectivity index (χ2n) is 2.92. The molecule has 2 aromatic heterocycles. The van der Waals surface area contributed by atoms with Gasteiger partial charge in [0.15, 0.2) is 11.6 Å². The molecule has 0 saturated heterocycles. The van der Waals surface area contributed by atoms with Crippen LogP contribution in [0.5, 0.6) is 0 Å². The molecule has 0 amide bonds. The third-order valence-electron chi connectivity index (χ3n) is 1.84. The van der Waals surface area contributed by atoms with Gasteiger partial charge in [0.05, 0.1) is 4.88 Å². The topological polar surface area (TPSA) is 42.9 Å². The van der Waals surface area contributed by atoms with E-state index in [2.05, 4.69) is 25.9 Å². The molecule has 5 heteroatoms. The summed E-state index contributed by atoms with van der Waals surface area (Å²) in [7, 11) is 0. The van der Waals surface area contributed by atoms with Gasteiger partial charge in [-0.05, 0) is 33.4 Å². The largest absolute Gasteiger partial charge is 0.293 e. The van der Waals surface area contributed by atoms with Crippen LogP contribution in [0.3, 0.4) is 0 Å². The lowest BCUT2D eigenvalue weighted by atomic mass is 10.3. The summed E-state index contributed by atoms with van der Waals surface area (Å²) >= 11 is 4.95. The van der Waals surface area contributed by atoms with E-state index in [1.807, 2.05) is 11.4 Å². The number of Topliss-reactive ketones (excluding diaryl/α,β-unsaturated/α-hetero) is 1. The van der Waals surface area contributed by atoms with Crippen molar-refractivity contribution in [3.05, 3.63) is 33.9 Å². The molecule has 2 rings (SSSR count). The van der Waals surface area contributed by atoms with Crippen molar-refractivity contribution in [3.63, 3.8) is 0 Å². The van der Waals surface area contributed by atoms with Crippen molar-refractivity contribution in [3.8, 4) is 10.7 Å². The molecule has 0 N–H and O–H groups in total. The molecule has 3 nitrogen and oxygen atoms in total. The number of halogens is 1. The van der Waals surface area contributed by atoms with Crippen LogP contribution >= 0.6 is 27.3 Å². The summed E-state index contributed by atoms with van der Waals surface area (Å²) in [5.74, 6) is 0.538. The van der Waals surface area contributed by atoms with Gasteiger partial charge < -0.3 is 0 Å². The first-order valence-corrected chi connectivity index (χ1v) is 5.93. The van der Waals surface area contributed by atoms with Gasteiger partial charge in [-0.3, -0.25) is 4.79 Å².